The van der Waals surface area contributed by atoms with Gasteiger partial charge >= 0.3 is 0 Å². The van der Waals surface area contributed by atoms with Crippen LogP contribution in [0.25, 0.3) is 0 Å². The number of hydrogen-bond donors (Lipinski definition) is 1. The maximum atomic E-state index is 4.24. The number of benzene rings is 1. The molecule has 0 fully saturated rings. The molecule has 0 spiro atoms. The fourth-order valence-corrected chi connectivity index (χ4v) is 3.36. The lowest BCUT2D eigenvalue weighted by atomic mass is 9.98. The van der Waals surface area contributed by atoms with E-state index in [9.17, 15) is 0 Å². The summed E-state index contributed by atoms with van der Waals surface area (Å²) in [5.41, 5.74) is 3.80. The summed E-state index contributed by atoms with van der Waals surface area (Å²) in [6.07, 6.45) is 4.67. The fourth-order valence-electron chi connectivity index (χ4n) is 2.32. The predicted octanol–water partition coefficient (Wildman–Crippen LogP) is 4.81. The monoisotopic (exact) mass is 396 g/mol. The average molecular weight is 398 g/mol. The van der Waals surface area contributed by atoms with Crippen LogP contribution < -0.4 is 5.32 Å². The Balaban J connectivity index is 2.26. The van der Waals surface area contributed by atoms with Crippen LogP contribution in [0.3, 0.4) is 0 Å². The van der Waals surface area contributed by atoms with Crippen LogP contribution in [-0.2, 0) is 6.42 Å². The summed E-state index contributed by atoms with van der Waals surface area (Å²) < 4.78 is 2.15. The molecule has 1 N–H and O–H groups in total. The van der Waals surface area contributed by atoms with Gasteiger partial charge in [0, 0.05) is 27.4 Å². The van der Waals surface area contributed by atoms with E-state index in [1.165, 1.54) is 16.7 Å². The van der Waals surface area contributed by atoms with Crippen molar-refractivity contribution in [3.8, 4) is 0 Å². The van der Waals surface area contributed by atoms with E-state index in [0.29, 0.717) is 6.04 Å². The van der Waals surface area contributed by atoms with Crippen molar-refractivity contribution in [2.75, 3.05) is 6.54 Å². The highest BCUT2D eigenvalue weighted by atomic mass is 79.9. The van der Waals surface area contributed by atoms with Crippen molar-refractivity contribution in [1.29, 1.82) is 0 Å². The van der Waals surface area contributed by atoms with Gasteiger partial charge in [-0.05, 0) is 70.7 Å². The standard InChI is InChI=1S/C16H18Br2N2/c1-3-20-16(7-12-6-15(18)10-19-9-12)13-4-11(2)5-14(17)8-13/h4-6,8-10,16,20H,3,7H2,1-2H3. The molecule has 1 aromatic carbocycles. The topological polar surface area (TPSA) is 24.9 Å². The van der Waals surface area contributed by atoms with Gasteiger partial charge in [0.1, 0.15) is 0 Å². The molecule has 0 aliphatic rings. The zero-order valence-electron chi connectivity index (χ0n) is 11.7. The molecule has 0 amide bonds. The van der Waals surface area contributed by atoms with E-state index in [1.54, 1.807) is 0 Å². The second-order valence-electron chi connectivity index (χ2n) is 4.89. The normalized spacial score (nSPS) is 12.4. The third-order valence-corrected chi connectivity index (χ3v) is 4.01. The number of nitrogens with zero attached hydrogens (tertiary/aromatic N) is 1. The van der Waals surface area contributed by atoms with Crippen LogP contribution in [0.5, 0.6) is 0 Å². The van der Waals surface area contributed by atoms with Crippen molar-refractivity contribution in [2.45, 2.75) is 26.3 Å². The lowest BCUT2D eigenvalue weighted by Crippen LogP contribution is -2.23. The number of aryl methyl sites for hydroxylation is 1. The molecule has 106 valence electrons. The Hall–Kier alpha value is -0.710. The Morgan fingerprint density at radius 2 is 1.90 bits per heavy atom. The van der Waals surface area contributed by atoms with Crippen molar-refractivity contribution in [1.82, 2.24) is 10.3 Å². The van der Waals surface area contributed by atoms with Crippen LogP contribution >= 0.6 is 31.9 Å². The molecule has 1 unspecified atom stereocenters. The molecule has 4 heteroatoms. The van der Waals surface area contributed by atoms with E-state index in [-0.39, 0.29) is 0 Å². The number of pyridine rings is 1. The number of aromatic nitrogens is 1. The van der Waals surface area contributed by atoms with Crippen molar-refractivity contribution in [3.63, 3.8) is 0 Å². The molecule has 1 aromatic heterocycles. The molecule has 20 heavy (non-hydrogen) atoms. The second-order valence-corrected chi connectivity index (χ2v) is 6.72. The quantitative estimate of drug-likeness (QED) is 0.782. The summed E-state index contributed by atoms with van der Waals surface area (Å²) in [5, 5.41) is 3.56. The fraction of sp³-hybridized carbons (Fsp3) is 0.312. The van der Waals surface area contributed by atoms with E-state index in [4.69, 9.17) is 0 Å². The minimum atomic E-state index is 0.298. The second kappa shape index (κ2) is 7.34. The number of hydrogen-bond acceptors (Lipinski definition) is 2. The Labute approximate surface area is 137 Å². The number of halogens is 2. The molecule has 1 atom stereocenters. The minimum Gasteiger partial charge on any atom is -0.310 e. The molecule has 2 nitrogen and oxygen atoms in total. The molecular formula is C16H18Br2N2. The van der Waals surface area contributed by atoms with E-state index in [0.717, 1.165) is 21.9 Å². The van der Waals surface area contributed by atoms with Gasteiger partial charge in [0.05, 0.1) is 0 Å². The maximum absolute atomic E-state index is 4.24. The SMILES string of the molecule is CCNC(Cc1cncc(Br)c1)c1cc(C)cc(Br)c1. The van der Waals surface area contributed by atoms with E-state index in [2.05, 4.69) is 80.3 Å². The molecule has 0 aliphatic carbocycles. The maximum Gasteiger partial charge on any atom is 0.0410 e. The summed E-state index contributed by atoms with van der Waals surface area (Å²) in [6.45, 7) is 5.20. The Morgan fingerprint density at radius 1 is 1.10 bits per heavy atom. The third kappa shape index (κ3) is 4.40. The average Bonchev–Trinajstić information content (AvgIpc) is 2.37. The smallest absolute Gasteiger partial charge is 0.0410 e. The van der Waals surface area contributed by atoms with Gasteiger partial charge in [0.2, 0.25) is 0 Å². The highest BCUT2D eigenvalue weighted by Crippen LogP contribution is 2.24. The first-order valence-corrected chi connectivity index (χ1v) is 8.27. The third-order valence-electron chi connectivity index (χ3n) is 3.12. The summed E-state index contributed by atoms with van der Waals surface area (Å²) in [6, 6.07) is 8.98. The van der Waals surface area contributed by atoms with Gasteiger partial charge in [-0.1, -0.05) is 28.9 Å². The van der Waals surface area contributed by atoms with E-state index in [1.807, 2.05) is 12.4 Å². The summed E-state index contributed by atoms with van der Waals surface area (Å²) >= 11 is 7.06. The predicted molar refractivity (Wildman–Crippen MR) is 90.9 cm³/mol. The highest BCUT2D eigenvalue weighted by Gasteiger charge is 2.12. The van der Waals surface area contributed by atoms with Gasteiger partial charge in [0.15, 0.2) is 0 Å². The molecule has 0 saturated heterocycles. The lowest BCUT2D eigenvalue weighted by molar-refractivity contribution is 0.548. The molecule has 1 heterocycles. The molecule has 0 aliphatic heterocycles. The van der Waals surface area contributed by atoms with Crippen molar-refractivity contribution >= 4 is 31.9 Å². The summed E-state index contributed by atoms with van der Waals surface area (Å²) in [7, 11) is 0. The number of likely N-dealkylation sites (N-methyl/N-ethyl adjacent to an activating group) is 1. The van der Waals surface area contributed by atoms with Gasteiger partial charge < -0.3 is 5.32 Å². The molecule has 2 aromatic rings. The highest BCUT2D eigenvalue weighted by molar-refractivity contribution is 9.10. The van der Waals surface area contributed by atoms with Gasteiger partial charge in [-0.25, -0.2) is 0 Å². The summed E-state index contributed by atoms with van der Waals surface area (Å²) in [4.78, 5) is 4.24. The van der Waals surface area contributed by atoms with Crippen LogP contribution in [0.2, 0.25) is 0 Å². The van der Waals surface area contributed by atoms with Gasteiger partial charge in [0.25, 0.3) is 0 Å². The van der Waals surface area contributed by atoms with Crippen LogP contribution in [0, 0.1) is 6.92 Å². The van der Waals surface area contributed by atoms with Crippen LogP contribution in [0.15, 0.2) is 45.6 Å². The largest absolute Gasteiger partial charge is 0.310 e. The first kappa shape index (κ1) is 15.7. The Bertz CT molecular complexity index is 564. The van der Waals surface area contributed by atoms with Gasteiger partial charge in [-0.3, -0.25) is 4.98 Å². The number of rotatable bonds is 5. The van der Waals surface area contributed by atoms with Crippen LogP contribution in [0.4, 0.5) is 0 Å². The number of nitrogens with one attached hydrogen (secondary N) is 1. The molecule has 0 bridgehead atoms. The first-order chi connectivity index (χ1) is 9.58. The Morgan fingerprint density at radius 3 is 2.55 bits per heavy atom. The van der Waals surface area contributed by atoms with Crippen molar-refractivity contribution in [3.05, 3.63) is 62.3 Å². The van der Waals surface area contributed by atoms with E-state index < -0.39 is 0 Å². The molecule has 0 saturated carbocycles. The zero-order valence-corrected chi connectivity index (χ0v) is 14.8. The molecule has 2 rings (SSSR count). The first-order valence-electron chi connectivity index (χ1n) is 6.68. The van der Waals surface area contributed by atoms with Crippen molar-refractivity contribution in [2.24, 2.45) is 0 Å². The van der Waals surface area contributed by atoms with Gasteiger partial charge in [-0.15, -0.1) is 0 Å². The lowest BCUT2D eigenvalue weighted by Gasteiger charge is -2.19. The Kier molecular flexibility index (Phi) is 5.75. The molecular weight excluding hydrogens is 380 g/mol. The zero-order chi connectivity index (χ0) is 14.5. The van der Waals surface area contributed by atoms with Crippen LogP contribution in [0.1, 0.15) is 29.7 Å². The summed E-state index contributed by atoms with van der Waals surface area (Å²) in [5.74, 6) is 0. The van der Waals surface area contributed by atoms with E-state index >= 15 is 0 Å². The molecule has 0 radical (unpaired) electrons. The minimum absolute atomic E-state index is 0.298. The van der Waals surface area contributed by atoms with Crippen molar-refractivity contribution < 1.29 is 0 Å². The van der Waals surface area contributed by atoms with Crippen LogP contribution in [-0.4, -0.2) is 11.5 Å². The van der Waals surface area contributed by atoms with Gasteiger partial charge in [-0.2, -0.15) is 0 Å².